The number of carbonyl (C=O) groups excluding carboxylic acids is 1. The standard InChI is InChI=1S/C20H22F3N3O/c1-15-2-4-16(5-3-15)14-24-19(27)26-12-10-25(11-13-26)18-8-6-17(7-9-18)20(21,22)23/h2-9H,10-14H2,1H3,(H,24,27). The monoisotopic (exact) mass is 377 g/mol. The SMILES string of the molecule is Cc1ccc(CNC(=O)N2CCN(c3ccc(C(F)(F)F)cc3)CC2)cc1. The molecule has 0 saturated carbocycles. The van der Waals surface area contributed by atoms with Gasteiger partial charge in [0.1, 0.15) is 0 Å². The van der Waals surface area contributed by atoms with Crippen molar-refractivity contribution in [2.75, 3.05) is 31.1 Å². The summed E-state index contributed by atoms with van der Waals surface area (Å²) < 4.78 is 38.0. The fraction of sp³-hybridized carbons (Fsp3) is 0.350. The first kappa shape index (κ1) is 19.1. The second kappa shape index (κ2) is 7.90. The van der Waals surface area contributed by atoms with Crippen LogP contribution in [-0.4, -0.2) is 37.1 Å². The number of halogens is 3. The Morgan fingerprint density at radius 2 is 1.56 bits per heavy atom. The molecular weight excluding hydrogens is 355 g/mol. The lowest BCUT2D eigenvalue weighted by atomic mass is 10.1. The van der Waals surface area contributed by atoms with Gasteiger partial charge in [0.25, 0.3) is 0 Å². The Morgan fingerprint density at radius 3 is 2.11 bits per heavy atom. The van der Waals surface area contributed by atoms with Crippen molar-refractivity contribution in [1.82, 2.24) is 10.2 Å². The van der Waals surface area contributed by atoms with Gasteiger partial charge in [0.05, 0.1) is 5.56 Å². The summed E-state index contributed by atoms with van der Waals surface area (Å²) in [6, 6.07) is 13.0. The highest BCUT2D eigenvalue weighted by Crippen LogP contribution is 2.30. The van der Waals surface area contributed by atoms with Crippen LogP contribution in [0.4, 0.5) is 23.7 Å². The minimum Gasteiger partial charge on any atom is -0.368 e. The van der Waals surface area contributed by atoms with Crippen LogP contribution in [0.1, 0.15) is 16.7 Å². The molecule has 0 atom stereocenters. The van der Waals surface area contributed by atoms with Crippen molar-refractivity contribution in [3.63, 3.8) is 0 Å². The topological polar surface area (TPSA) is 35.6 Å². The number of amides is 2. The molecule has 144 valence electrons. The average Bonchev–Trinajstić information content (AvgIpc) is 2.67. The summed E-state index contributed by atoms with van der Waals surface area (Å²) in [5.41, 5.74) is 2.30. The van der Waals surface area contributed by atoms with Gasteiger partial charge in [0, 0.05) is 38.4 Å². The van der Waals surface area contributed by atoms with Gasteiger partial charge in [0.2, 0.25) is 0 Å². The third kappa shape index (κ3) is 4.93. The van der Waals surface area contributed by atoms with Crippen LogP contribution in [0.15, 0.2) is 48.5 Å². The summed E-state index contributed by atoms with van der Waals surface area (Å²) in [6.07, 6.45) is -4.33. The fourth-order valence-electron chi connectivity index (χ4n) is 3.02. The van der Waals surface area contributed by atoms with Crippen molar-refractivity contribution < 1.29 is 18.0 Å². The number of hydrogen-bond donors (Lipinski definition) is 1. The van der Waals surface area contributed by atoms with E-state index in [2.05, 4.69) is 5.32 Å². The molecule has 1 heterocycles. The van der Waals surface area contributed by atoms with Crippen molar-refractivity contribution >= 4 is 11.7 Å². The first-order chi connectivity index (χ1) is 12.8. The normalized spacial score (nSPS) is 15.0. The number of benzene rings is 2. The lowest BCUT2D eigenvalue weighted by Gasteiger charge is -2.36. The summed E-state index contributed by atoms with van der Waals surface area (Å²) >= 11 is 0. The largest absolute Gasteiger partial charge is 0.416 e. The first-order valence-electron chi connectivity index (χ1n) is 8.83. The van der Waals surface area contributed by atoms with E-state index in [1.165, 1.54) is 17.7 Å². The number of piperazine rings is 1. The minimum atomic E-state index is -4.33. The zero-order chi connectivity index (χ0) is 19.4. The molecule has 0 aliphatic carbocycles. The van der Waals surface area contributed by atoms with Crippen LogP contribution in [0.25, 0.3) is 0 Å². The molecule has 2 amide bonds. The second-order valence-electron chi connectivity index (χ2n) is 6.66. The average molecular weight is 377 g/mol. The third-order valence-corrected chi connectivity index (χ3v) is 4.69. The van der Waals surface area contributed by atoms with Crippen LogP contribution in [0.2, 0.25) is 0 Å². The molecule has 2 aromatic carbocycles. The molecule has 27 heavy (non-hydrogen) atoms. The number of alkyl halides is 3. The maximum absolute atomic E-state index is 12.7. The number of hydrogen-bond acceptors (Lipinski definition) is 2. The molecule has 0 bridgehead atoms. The second-order valence-corrected chi connectivity index (χ2v) is 6.66. The lowest BCUT2D eigenvalue weighted by molar-refractivity contribution is -0.137. The Hall–Kier alpha value is -2.70. The van der Waals surface area contributed by atoms with Gasteiger partial charge in [-0.1, -0.05) is 29.8 Å². The van der Waals surface area contributed by atoms with E-state index in [4.69, 9.17) is 0 Å². The van der Waals surface area contributed by atoms with E-state index in [0.717, 1.165) is 23.4 Å². The van der Waals surface area contributed by atoms with Gasteiger partial charge >= 0.3 is 12.2 Å². The molecule has 3 rings (SSSR count). The number of anilines is 1. The van der Waals surface area contributed by atoms with Gasteiger partial charge in [-0.05, 0) is 36.8 Å². The molecule has 0 aromatic heterocycles. The van der Waals surface area contributed by atoms with E-state index in [1.807, 2.05) is 36.1 Å². The van der Waals surface area contributed by atoms with Crippen LogP contribution in [0, 0.1) is 6.92 Å². The Balaban J connectivity index is 1.49. The highest BCUT2D eigenvalue weighted by Gasteiger charge is 2.30. The summed E-state index contributed by atoms with van der Waals surface area (Å²) in [5, 5.41) is 2.91. The van der Waals surface area contributed by atoms with Crippen molar-refractivity contribution in [1.29, 1.82) is 0 Å². The highest BCUT2D eigenvalue weighted by atomic mass is 19.4. The number of carbonyl (C=O) groups is 1. The molecule has 0 radical (unpaired) electrons. The van der Waals surface area contributed by atoms with Crippen molar-refractivity contribution in [3.05, 3.63) is 65.2 Å². The van der Waals surface area contributed by atoms with E-state index in [-0.39, 0.29) is 6.03 Å². The predicted octanol–water partition coefficient (Wildman–Crippen LogP) is 4.05. The van der Waals surface area contributed by atoms with E-state index >= 15 is 0 Å². The van der Waals surface area contributed by atoms with Crippen LogP contribution >= 0.6 is 0 Å². The highest BCUT2D eigenvalue weighted by molar-refractivity contribution is 5.74. The Morgan fingerprint density at radius 1 is 0.963 bits per heavy atom. The summed E-state index contributed by atoms with van der Waals surface area (Å²) in [7, 11) is 0. The van der Waals surface area contributed by atoms with E-state index < -0.39 is 11.7 Å². The minimum absolute atomic E-state index is 0.123. The molecule has 1 N–H and O–H groups in total. The van der Waals surface area contributed by atoms with Crippen molar-refractivity contribution in [3.8, 4) is 0 Å². The molecular formula is C20H22F3N3O. The molecule has 1 fully saturated rings. The Bertz CT molecular complexity index is 765. The predicted molar refractivity (Wildman–Crippen MR) is 98.6 cm³/mol. The smallest absolute Gasteiger partial charge is 0.368 e. The lowest BCUT2D eigenvalue weighted by Crippen LogP contribution is -2.51. The molecule has 2 aromatic rings. The van der Waals surface area contributed by atoms with Gasteiger partial charge in [-0.2, -0.15) is 13.2 Å². The van der Waals surface area contributed by atoms with Crippen LogP contribution in [0.5, 0.6) is 0 Å². The molecule has 0 spiro atoms. The number of aryl methyl sites for hydroxylation is 1. The summed E-state index contributed by atoms with van der Waals surface area (Å²) in [4.78, 5) is 16.0. The van der Waals surface area contributed by atoms with Crippen LogP contribution < -0.4 is 10.2 Å². The van der Waals surface area contributed by atoms with Crippen molar-refractivity contribution in [2.24, 2.45) is 0 Å². The molecule has 1 aliphatic rings. The van der Waals surface area contributed by atoms with Gasteiger partial charge in [-0.3, -0.25) is 0 Å². The van der Waals surface area contributed by atoms with Crippen LogP contribution in [-0.2, 0) is 12.7 Å². The Kier molecular flexibility index (Phi) is 5.58. The maximum Gasteiger partial charge on any atom is 0.416 e. The van der Waals surface area contributed by atoms with Crippen LogP contribution in [0.3, 0.4) is 0 Å². The van der Waals surface area contributed by atoms with Gasteiger partial charge in [0.15, 0.2) is 0 Å². The number of rotatable bonds is 3. The number of nitrogens with zero attached hydrogens (tertiary/aromatic N) is 2. The fourth-order valence-corrected chi connectivity index (χ4v) is 3.02. The number of nitrogens with one attached hydrogen (secondary N) is 1. The molecule has 1 saturated heterocycles. The molecule has 1 aliphatic heterocycles. The van der Waals surface area contributed by atoms with Gasteiger partial charge in [-0.15, -0.1) is 0 Å². The quantitative estimate of drug-likeness (QED) is 0.876. The third-order valence-electron chi connectivity index (χ3n) is 4.69. The molecule has 7 heteroatoms. The van der Waals surface area contributed by atoms with Gasteiger partial charge in [-0.25, -0.2) is 4.79 Å². The van der Waals surface area contributed by atoms with E-state index in [9.17, 15) is 18.0 Å². The maximum atomic E-state index is 12.7. The summed E-state index contributed by atoms with van der Waals surface area (Å²) in [5.74, 6) is 0. The van der Waals surface area contributed by atoms with E-state index in [0.29, 0.717) is 32.7 Å². The zero-order valence-corrected chi connectivity index (χ0v) is 15.1. The van der Waals surface area contributed by atoms with Gasteiger partial charge < -0.3 is 15.1 Å². The number of urea groups is 1. The summed E-state index contributed by atoms with van der Waals surface area (Å²) in [6.45, 7) is 4.71. The van der Waals surface area contributed by atoms with E-state index in [1.54, 1.807) is 4.90 Å². The first-order valence-corrected chi connectivity index (χ1v) is 8.83. The molecule has 0 unspecified atom stereocenters. The zero-order valence-electron chi connectivity index (χ0n) is 15.1. The Labute approximate surface area is 156 Å². The van der Waals surface area contributed by atoms with Crippen molar-refractivity contribution in [2.45, 2.75) is 19.6 Å². The molecule has 4 nitrogen and oxygen atoms in total.